The third-order valence-electron chi connectivity index (χ3n) is 3.43. The van der Waals surface area contributed by atoms with E-state index >= 15 is 0 Å². The van der Waals surface area contributed by atoms with Crippen LogP contribution < -0.4 is 4.74 Å². The molecule has 19 heavy (non-hydrogen) atoms. The third-order valence-corrected chi connectivity index (χ3v) is 6.46. The molecule has 2 rings (SSSR count). The van der Waals surface area contributed by atoms with E-state index in [1.54, 1.807) is 26.1 Å². The van der Waals surface area contributed by atoms with E-state index < -0.39 is 9.73 Å². The van der Waals surface area contributed by atoms with Crippen molar-refractivity contribution in [1.82, 2.24) is 0 Å². The summed E-state index contributed by atoms with van der Waals surface area (Å²) in [7, 11) is -0.406. The average Bonchev–Trinajstić information content (AvgIpc) is 2.42. The van der Waals surface area contributed by atoms with Gasteiger partial charge in [0.2, 0.25) is 0 Å². The van der Waals surface area contributed by atoms with Gasteiger partial charge in [-0.1, -0.05) is 0 Å². The third kappa shape index (κ3) is 3.28. The number of nitrogens with zero attached hydrogens (tertiary/aromatic N) is 1. The van der Waals surface area contributed by atoms with Crippen LogP contribution in [0.1, 0.15) is 18.4 Å². The van der Waals surface area contributed by atoms with Crippen LogP contribution in [0.3, 0.4) is 0 Å². The van der Waals surface area contributed by atoms with Gasteiger partial charge in [0, 0.05) is 33.8 Å². The van der Waals surface area contributed by atoms with Gasteiger partial charge in [0.15, 0.2) is 0 Å². The van der Waals surface area contributed by atoms with Crippen LogP contribution >= 0.6 is 15.9 Å². The van der Waals surface area contributed by atoms with Crippen molar-refractivity contribution in [1.29, 1.82) is 0 Å². The summed E-state index contributed by atoms with van der Waals surface area (Å²) in [6, 6.07) is 3.41. The molecular formula is C13H17BrFNO2S. The Morgan fingerprint density at radius 3 is 2.63 bits per heavy atom. The minimum absolute atomic E-state index is 0.00407. The van der Waals surface area contributed by atoms with Gasteiger partial charge in [0.1, 0.15) is 17.7 Å². The van der Waals surface area contributed by atoms with Gasteiger partial charge in [-0.15, -0.1) is 0 Å². The molecule has 3 nitrogen and oxygen atoms in total. The summed E-state index contributed by atoms with van der Waals surface area (Å²) in [6.45, 7) is 1.70. The Balaban J connectivity index is 2.08. The quantitative estimate of drug-likeness (QED) is 0.818. The van der Waals surface area contributed by atoms with Gasteiger partial charge in [0.25, 0.3) is 0 Å². The molecule has 0 aliphatic carbocycles. The van der Waals surface area contributed by atoms with Crippen molar-refractivity contribution in [3.05, 3.63) is 28.0 Å². The second-order valence-electron chi connectivity index (χ2n) is 4.67. The molecule has 0 saturated carbocycles. The van der Waals surface area contributed by atoms with Gasteiger partial charge in [-0.25, -0.2) is 13.0 Å². The highest BCUT2D eigenvalue weighted by Crippen LogP contribution is 2.29. The van der Waals surface area contributed by atoms with Crippen LogP contribution in [0.5, 0.6) is 5.75 Å². The molecule has 1 aliphatic rings. The van der Waals surface area contributed by atoms with E-state index in [9.17, 15) is 8.60 Å². The van der Waals surface area contributed by atoms with Crippen molar-refractivity contribution >= 4 is 25.7 Å². The summed E-state index contributed by atoms with van der Waals surface area (Å²) in [5, 5.41) is 0. The van der Waals surface area contributed by atoms with Crippen LogP contribution in [-0.2, 0) is 9.73 Å². The van der Waals surface area contributed by atoms with Crippen molar-refractivity contribution in [3.63, 3.8) is 0 Å². The van der Waals surface area contributed by atoms with E-state index in [0.717, 1.165) is 0 Å². The zero-order valence-electron chi connectivity index (χ0n) is 11.0. The highest BCUT2D eigenvalue weighted by Gasteiger charge is 2.24. The molecule has 0 N–H and O–H groups in total. The molecule has 0 amide bonds. The lowest BCUT2D eigenvalue weighted by molar-refractivity contribution is 0.188. The number of halogens is 2. The van der Waals surface area contributed by atoms with E-state index in [4.69, 9.17) is 4.74 Å². The molecular weight excluding hydrogens is 333 g/mol. The molecule has 1 fully saturated rings. The lowest BCUT2D eigenvalue weighted by Crippen LogP contribution is -2.30. The normalized spacial score (nSPS) is 27.1. The number of ether oxygens (including phenoxy) is 1. The molecule has 1 heterocycles. The fraction of sp³-hybridized carbons (Fsp3) is 0.538. The topological polar surface area (TPSA) is 38.7 Å². The van der Waals surface area contributed by atoms with E-state index in [1.807, 2.05) is 0 Å². The van der Waals surface area contributed by atoms with E-state index in [0.29, 0.717) is 40.1 Å². The highest BCUT2D eigenvalue weighted by atomic mass is 79.9. The molecule has 0 spiro atoms. The predicted molar refractivity (Wildman–Crippen MR) is 78.7 cm³/mol. The van der Waals surface area contributed by atoms with E-state index in [1.165, 1.54) is 0 Å². The van der Waals surface area contributed by atoms with Crippen molar-refractivity contribution < 1.29 is 13.3 Å². The summed E-state index contributed by atoms with van der Waals surface area (Å²) in [6.07, 6.45) is 1.40. The molecule has 1 aromatic rings. The van der Waals surface area contributed by atoms with Crippen LogP contribution in [0.25, 0.3) is 0 Å². The molecule has 1 aliphatic heterocycles. The molecule has 0 unspecified atom stereocenters. The SMILES string of the molecule is CN=S1(=O)CCC(Oc2ccc(Br)c(F)c2C)CC1. The van der Waals surface area contributed by atoms with Gasteiger partial charge in [-0.2, -0.15) is 0 Å². The Hall–Kier alpha value is -0.620. The molecule has 0 aromatic heterocycles. The van der Waals surface area contributed by atoms with Gasteiger partial charge < -0.3 is 4.74 Å². The lowest BCUT2D eigenvalue weighted by Gasteiger charge is -2.26. The molecule has 0 radical (unpaired) electrons. The average molecular weight is 350 g/mol. The van der Waals surface area contributed by atoms with Crippen molar-refractivity contribution in [2.75, 3.05) is 18.6 Å². The Kier molecular flexibility index (Phi) is 4.50. The zero-order chi connectivity index (χ0) is 14.0. The summed E-state index contributed by atoms with van der Waals surface area (Å²) in [4.78, 5) is 0. The second-order valence-corrected chi connectivity index (χ2v) is 8.25. The minimum Gasteiger partial charge on any atom is -0.490 e. The van der Waals surface area contributed by atoms with Crippen LogP contribution in [0.15, 0.2) is 21.0 Å². The highest BCUT2D eigenvalue weighted by molar-refractivity contribution is 9.10. The molecule has 1 aromatic carbocycles. The van der Waals surface area contributed by atoms with E-state index in [-0.39, 0.29) is 11.9 Å². The van der Waals surface area contributed by atoms with E-state index in [2.05, 4.69) is 20.3 Å². The maximum atomic E-state index is 13.7. The maximum Gasteiger partial charge on any atom is 0.143 e. The van der Waals surface area contributed by atoms with Crippen molar-refractivity contribution in [2.24, 2.45) is 4.36 Å². The predicted octanol–water partition coefficient (Wildman–Crippen LogP) is 3.54. The van der Waals surface area contributed by atoms with Crippen molar-refractivity contribution in [2.45, 2.75) is 25.9 Å². The number of hydrogen-bond donors (Lipinski definition) is 0. The van der Waals surface area contributed by atoms with Crippen LogP contribution in [-0.4, -0.2) is 28.9 Å². The van der Waals surface area contributed by atoms with Crippen LogP contribution in [0, 0.1) is 12.7 Å². The smallest absolute Gasteiger partial charge is 0.143 e. The fourth-order valence-electron chi connectivity index (χ4n) is 2.12. The summed E-state index contributed by atoms with van der Waals surface area (Å²) < 4.78 is 36.0. The van der Waals surface area contributed by atoms with Crippen LogP contribution in [0.2, 0.25) is 0 Å². The Morgan fingerprint density at radius 1 is 1.42 bits per heavy atom. The molecule has 1 saturated heterocycles. The first-order valence-corrected chi connectivity index (χ1v) is 8.81. The number of hydrogen-bond acceptors (Lipinski definition) is 3. The first kappa shape index (κ1) is 14.8. The Morgan fingerprint density at radius 2 is 2.05 bits per heavy atom. The molecule has 106 valence electrons. The largest absolute Gasteiger partial charge is 0.490 e. The molecule has 6 heteroatoms. The van der Waals surface area contributed by atoms with Crippen LogP contribution in [0.4, 0.5) is 4.39 Å². The maximum absolute atomic E-state index is 13.7. The Labute approximate surface area is 121 Å². The molecule has 0 atom stereocenters. The van der Waals surface area contributed by atoms with Gasteiger partial charge in [-0.3, -0.25) is 0 Å². The van der Waals surface area contributed by atoms with Gasteiger partial charge in [0.05, 0.1) is 4.47 Å². The summed E-state index contributed by atoms with van der Waals surface area (Å²) in [5.41, 5.74) is 0.501. The monoisotopic (exact) mass is 349 g/mol. The zero-order valence-corrected chi connectivity index (χ0v) is 13.4. The summed E-state index contributed by atoms with van der Waals surface area (Å²) in [5.74, 6) is 1.39. The first-order chi connectivity index (χ1) is 8.95. The number of rotatable bonds is 2. The van der Waals surface area contributed by atoms with Gasteiger partial charge in [-0.05, 0) is 47.8 Å². The minimum atomic E-state index is -2.01. The summed E-state index contributed by atoms with van der Waals surface area (Å²) >= 11 is 3.15. The molecule has 0 bridgehead atoms. The first-order valence-electron chi connectivity index (χ1n) is 6.17. The Bertz CT molecular complexity index is 583. The number of benzene rings is 1. The second kappa shape index (κ2) is 5.79. The fourth-order valence-corrected chi connectivity index (χ4v) is 4.38. The standard InChI is InChI=1S/C13H17BrFNO2S/c1-9-12(4-3-11(14)13(9)15)18-10-5-7-19(17,16-2)8-6-10/h3-4,10H,5-8H2,1-2H3. The lowest BCUT2D eigenvalue weighted by atomic mass is 10.2. The van der Waals surface area contributed by atoms with Crippen molar-refractivity contribution in [3.8, 4) is 5.75 Å². The van der Waals surface area contributed by atoms with Gasteiger partial charge >= 0.3 is 0 Å².